The predicted molar refractivity (Wildman–Crippen MR) is 77.6 cm³/mol. The quantitative estimate of drug-likeness (QED) is 0.657. The van der Waals surface area contributed by atoms with Gasteiger partial charge in [0, 0.05) is 30.3 Å². The van der Waals surface area contributed by atoms with Crippen molar-refractivity contribution in [2.75, 3.05) is 10.6 Å². The van der Waals surface area contributed by atoms with Crippen LogP contribution in [0.1, 0.15) is 19.3 Å². The van der Waals surface area contributed by atoms with Crippen molar-refractivity contribution in [1.82, 2.24) is 14.8 Å². The third-order valence-corrected chi connectivity index (χ3v) is 3.13. The molecule has 2 aromatic heterocycles. The number of anilines is 1. The number of alkyl halides is 1. The summed E-state index contributed by atoms with van der Waals surface area (Å²) in [7, 11) is 0. The summed E-state index contributed by atoms with van der Waals surface area (Å²) in [5.41, 5.74) is 0.676. The van der Waals surface area contributed by atoms with E-state index < -0.39 is 0 Å². The van der Waals surface area contributed by atoms with E-state index >= 15 is 0 Å². The molecule has 1 N–H and O–H groups in total. The molecule has 2 aromatic rings. The zero-order chi connectivity index (χ0) is 13.5. The maximum atomic E-state index is 11.8. The van der Waals surface area contributed by atoms with Crippen molar-refractivity contribution in [3.8, 4) is 5.82 Å². The topological polar surface area (TPSA) is 59.8 Å². The number of nitrogens with one attached hydrogen (secondary N) is 1. The van der Waals surface area contributed by atoms with Crippen LogP contribution in [0.3, 0.4) is 0 Å². The number of amides is 1. The first-order chi connectivity index (χ1) is 9.31. The summed E-state index contributed by atoms with van der Waals surface area (Å²) in [5.74, 6) is 0.628. The SMILES string of the molecule is O=C(CCCCBr)Nc1cccnc1-n1cccn1. The van der Waals surface area contributed by atoms with Crippen molar-refractivity contribution >= 4 is 27.5 Å². The molecule has 0 aliphatic heterocycles. The first kappa shape index (κ1) is 13.7. The maximum Gasteiger partial charge on any atom is 0.224 e. The summed E-state index contributed by atoms with van der Waals surface area (Å²) in [6.07, 6.45) is 7.52. The van der Waals surface area contributed by atoms with Gasteiger partial charge in [-0.2, -0.15) is 5.10 Å². The minimum Gasteiger partial charge on any atom is -0.323 e. The summed E-state index contributed by atoms with van der Waals surface area (Å²) in [6, 6.07) is 5.43. The number of unbranched alkanes of at least 4 members (excludes halogenated alkanes) is 1. The van der Waals surface area contributed by atoms with Crippen LogP contribution in [0.2, 0.25) is 0 Å². The van der Waals surface area contributed by atoms with Gasteiger partial charge in [0.25, 0.3) is 0 Å². The molecule has 5 nitrogen and oxygen atoms in total. The average Bonchev–Trinajstić information content (AvgIpc) is 2.93. The van der Waals surface area contributed by atoms with Gasteiger partial charge in [0.05, 0.1) is 5.69 Å². The summed E-state index contributed by atoms with van der Waals surface area (Å²) in [5, 5.41) is 7.93. The molecule has 2 rings (SSSR count). The fraction of sp³-hybridized carbons (Fsp3) is 0.308. The van der Waals surface area contributed by atoms with Gasteiger partial charge < -0.3 is 5.32 Å². The molecule has 2 heterocycles. The van der Waals surface area contributed by atoms with E-state index in [1.807, 2.05) is 12.1 Å². The molecule has 19 heavy (non-hydrogen) atoms. The third kappa shape index (κ3) is 3.89. The minimum atomic E-state index is 0.00218. The predicted octanol–water partition coefficient (Wildman–Crippen LogP) is 2.77. The fourth-order valence-electron chi connectivity index (χ4n) is 1.66. The molecular formula is C13H15BrN4O. The molecule has 0 spiro atoms. The second-order valence-corrected chi connectivity index (χ2v) is 4.81. The second-order valence-electron chi connectivity index (χ2n) is 4.02. The lowest BCUT2D eigenvalue weighted by Crippen LogP contribution is -2.14. The van der Waals surface area contributed by atoms with Gasteiger partial charge in [-0.1, -0.05) is 15.9 Å². The van der Waals surface area contributed by atoms with Gasteiger partial charge >= 0.3 is 0 Å². The van der Waals surface area contributed by atoms with Crippen LogP contribution in [0.25, 0.3) is 5.82 Å². The van der Waals surface area contributed by atoms with Gasteiger partial charge in [-0.25, -0.2) is 9.67 Å². The lowest BCUT2D eigenvalue weighted by molar-refractivity contribution is -0.116. The Morgan fingerprint density at radius 2 is 2.21 bits per heavy atom. The molecular weight excluding hydrogens is 308 g/mol. The molecule has 0 radical (unpaired) electrons. The summed E-state index contributed by atoms with van der Waals surface area (Å²) < 4.78 is 1.63. The molecule has 100 valence electrons. The molecule has 0 unspecified atom stereocenters. The Balaban J connectivity index is 2.06. The van der Waals surface area contributed by atoms with Gasteiger partial charge in [-0.05, 0) is 31.0 Å². The number of hydrogen-bond acceptors (Lipinski definition) is 3. The highest BCUT2D eigenvalue weighted by molar-refractivity contribution is 9.09. The fourth-order valence-corrected chi connectivity index (χ4v) is 2.06. The average molecular weight is 323 g/mol. The van der Waals surface area contributed by atoms with Gasteiger partial charge in [0.2, 0.25) is 5.91 Å². The van der Waals surface area contributed by atoms with Gasteiger partial charge in [-0.15, -0.1) is 0 Å². The Hall–Kier alpha value is -1.69. The highest BCUT2D eigenvalue weighted by Gasteiger charge is 2.09. The molecule has 0 bridgehead atoms. The first-order valence-corrected chi connectivity index (χ1v) is 7.24. The van der Waals surface area contributed by atoms with E-state index in [9.17, 15) is 4.79 Å². The molecule has 0 atom stereocenters. The minimum absolute atomic E-state index is 0.00218. The summed E-state index contributed by atoms with van der Waals surface area (Å²) in [4.78, 5) is 16.1. The Kier molecular flexibility index (Phi) is 5.09. The number of carbonyl (C=O) groups is 1. The Morgan fingerprint density at radius 3 is 2.95 bits per heavy atom. The van der Waals surface area contributed by atoms with Gasteiger partial charge in [0.1, 0.15) is 0 Å². The first-order valence-electron chi connectivity index (χ1n) is 6.12. The molecule has 0 fully saturated rings. The van der Waals surface area contributed by atoms with Crippen LogP contribution in [-0.2, 0) is 4.79 Å². The van der Waals surface area contributed by atoms with E-state index in [0.717, 1.165) is 18.2 Å². The Labute approximate surface area is 120 Å². The number of carbonyl (C=O) groups excluding carboxylic acids is 1. The van der Waals surface area contributed by atoms with E-state index in [4.69, 9.17) is 0 Å². The highest BCUT2D eigenvalue weighted by atomic mass is 79.9. The van der Waals surface area contributed by atoms with E-state index in [0.29, 0.717) is 17.9 Å². The van der Waals surface area contributed by atoms with Crippen molar-refractivity contribution in [3.05, 3.63) is 36.8 Å². The summed E-state index contributed by atoms with van der Waals surface area (Å²) in [6.45, 7) is 0. The van der Waals surface area contributed by atoms with Crippen LogP contribution < -0.4 is 5.32 Å². The van der Waals surface area contributed by atoms with E-state index in [1.165, 1.54) is 0 Å². The smallest absolute Gasteiger partial charge is 0.224 e. The van der Waals surface area contributed by atoms with Crippen LogP contribution in [0, 0.1) is 0 Å². The van der Waals surface area contributed by atoms with Crippen molar-refractivity contribution < 1.29 is 4.79 Å². The molecule has 1 amide bonds. The molecule has 0 saturated heterocycles. The second kappa shape index (κ2) is 7.04. The van der Waals surface area contributed by atoms with E-state index in [1.54, 1.807) is 29.3 Å². The Bertz CT molecular complexity index is 527. The molecule has 0 saturated carbocycles. The summed E-state index contributed by atoms with van der Waals surface area (Å²) >= 11 is 3.35. The van der Waals surface area contributed by atoms with E-state index in [-0.39, 0.29) is 5.91 Å². The van der Waals surface area contributed by atoms with Gasteiger partial charge in [0.15, 0.2) is 5.82 Å². The normalized spacial score (nSPS) is 10.4. The van der Waals surface area contributed by atoms with Crippen molar-refractivity contribution in [1.29, 1.82) is 0 Å². The molecule has 6 heteroatoms. The van der Waals surface area contributed by atoms with Crippen molar-refractivity contribution in [2.45, 2.75) is 19.3 Å². The van der Waals surface area contributed by atoms with E-state index in [2.05, 4.69) is 31.3 Å². The van der Waals surface area contributed by atoms with Crippen LogP contribution in [0.15, 0.2) is 36.8 Å². The monoisotopic (exact) mass is 322 g/mol. The standard InChI is InChI=1S/C13H15BrN4O/c14-7-2-1-6-12(19)17-11-5-3-8-15-13(11)18-10-4-9-16-18/h3-5,8-10H,1-2,6-7H2,(H,17,19). The maximum absolute atomic E-state index is 11.8. The zero-order valence-corrected chi connectivity index (χ0v) is 12.0. The van der Waals surface area contributed by atoms with Crippen molar-refractivity contribution in [3.63, 3.8) is 0 Å². The lowest BCUT2D eigenvalue weighted by Gasteiger charge is -2.09. The molecule has 0 aliphatic rings. The number of pyridine rings is 1. The zero-order valence-electron chi connectivity index (χ0n) is 10.4. The Morgan fingerprint density at radius 1 is 1.32 bits per heavy atom. The van der Waals surface area contributed by atoms with Crippen LogP contribution in [0.5, 0.6) is 0 Å². The number of halogens is 1. The largest absolute Gasteiger partial charge is 0.323 e. The highest BCUT2D eigenvalue weighted by Crippen LogP contribution is 2.16. The van der Waals surface area contributed by atoms with Crippen LogP contribution in [0.4, 0.5) is 5.69 Å². The number of hydrogen-bond donors (Lipinski definition) is 1. The molecule has 0 aromatic carbocycles. The molecule has 0 aliphatic carbocycles. The number of nitrogens with zero attached hydrogens (tertiary/aromatic N) is 3. The lowest BCUT2D eigenvalue weighted by atomic mass is 10.2. The van der Waals surface area contributed by atoms with Crippen LogP contribution >= 0.6 is 15.9 Å². The van der Waals surface area contributed by atoms with Crippen LogP contribution in [-0.4, -0.2) is 26.0 Å². The van der Waals surface area contributed by atoms with Crippen molar-refractivity contribution in [2.24, 2.45) is 0 Å². The number of rotatable bonds is 6. The van der Waals surface area contributed by atoms with Gasteiger partial charge in [-0.3, -0.25) is 4.79 Å². The number of aromatic nitrogens is 3. The third-order valence-electron chi connectivity index (χ3n) is 2.57.